The highest BCUT2D eigenvalue weighted by atomic mass is 16.4. The standard InChI is InChI=1S/C19H23N9O4/c20-7-1-2-13(18(31)32)28(22)17(30)10-3-5-11(6-4-10)23-8-12-9-24-15-14(25-12)16(29)27-19(21)26-15/h3-6,9,13,23H,1-2,7-8,20,22H2,(H,31,32)(H3,21,24,26,27,29). The summed E-state index contributed by atoms with van der Waals surface area (Å²) in [4.78, 5) is 50.4. The van der Waals surface area contributed by atoms with Gasteiger partial charge in [0.2, 0.25) is 5.95 Å². The number of aromatic amines is 1. The van der Waals surface area contributed by atoms with Crippen LogP contribution in [0.4, 0.5) is 11.6 Å². The minimum absolute atomic E-state index is 0.0742. The summed E-state index contributed by atoms with van der Waals surface area (Å²) in [5.74, 6) is 4.07. The maximum absolute atomic E-state index is 12.5. The lowest BCUT2D eigenvalue weighted by atomic mass is 10.1. The molecule has 0 aliphatic carbocycles. The zero-order valence-electron chi connectivity index (χ0n) is 17.0. The van der Waals surface area contributed by atoms with Crippen LogP contribution in [-0.4, -0.2) is 54.5 Å². The zero-order chi connectivity index (χ0) is 23.3. The second-order valence-corrected chi connectivity index (χ2v) is 6.90. The van der Waals surface area contributed by atoms with E-state index in [0.717, 1.165) is 0 Å². The smallest absolute Gasteiger partial charge is 0.328 e. The number of nitrogens with two attached hydrogens (primary N) is 3. The van der Waals surface area contributed by atoms with Crippen LogP contribution in [-0.2, 0) is 11.3 Å². The van der Waals surface area contributed by atoms with Crippen molar-refractivity contribution in [2.24, 2.45) is 11.6 Å². The highest BCUT2D eigenvalue weighted by Gasteiger charge is 2.27. The fourth-order valence-electron chi connectivity index (χ4n) is 2.98. The molecular formula is C19H23N9O4. The van der Waals surface area contributed by atoms with Crippen LogP contribution in [0.25, 0.3) is 11.5 Å². The van der Waals surface area contributed by atoms with E-state index in [1.807, 2.05) is 0 Å². The van der Waals surface area contributed by atoms with E-state index in [1.54, 1.807) is 18.3 Å². The van der Waals surface area contributed by atoms with Crippen LogP contribution in [0.3, 0.4) is 0 Å². The van der Waals surface area contributed by atoms with E-state index < -0.39 is 23.5 Å². The first-order chi connectivity index (χ1) is 15.3. The summed E-state index contributed by atoms with van der Waals surface area (Å²) >= 11 is 0. The predicted octanol–water partition coefficient (Wildman–Crippen LogP) is -0.633. The van der Waals surface area contributed by atoms with Gasteiger partial charge >= 0.3 is 11.5 Å². The van der Waals surface area contributed by atoms with Crippen molar-refractivity contribution in [3.63, 3.8) is 0 Å². The second-order valence-electron chi connectivity index (χ2n) is 6.90. The van der Waals surface area contributed by atoms with Gasteiger partial charge in [-0.1, -0.05) is 0 Å². The van der Waals surface area contributed by atoms with Crippen LogP contribution >= 0.6 is 0 Å². The number of H-pyrrole nitrogens is 1. The Morgan fingerprint density at radius 1 is 1.19 bits per heavy atom. The Hall–Kier alpha value is -4.10. The highest BCUT2D eigenvalue weighted by molar-refractivity contribution is 5.96. The third-order valence-corrected chi connectivity index (χ3v) is 4.64. The number of nitrogens with zero attached hydrogens (tertiary/aromatic N) is 4. The molecule has 2 aliphatic heterocycles. The van der Waals surface area contributed by atoms with Crippen molar-refractivity contribution in [1.29, 1.82) is 0 Å². The lowest BCUT2D eigenvalue weighted by molar-refractivity contribution is -0.142. The van der Waals surface area contributed by atoms with Gasteiger partial charge in [0.25, 0.3) is 5.91 Å². The van der Waals surface area contributed by atoms with Gasteiger partial charge in [0, 0.05) is 17.4 Å². The summed E-state index contributed by atoms with van der Waals surface area (Å²) < 4.78 is 0. The first-order valence-corrected chi connectivity index (χ1v) is 9.67. The van der Waals surface area contributed by atoms with E-state index in [-0.39, 0.29) is 36.0 Å². The molecule has 3 rings (SSSR count). The normalized spacial score (nSPS) is 11.8. The number of carboxylic acid groups (broad SMARTS) is 1. The Bertz CT molecular complexity index is 1130. The van der Waals surface area contributed by atoms with Crippen LogP contribution in [0, 0.1) is 0 Å². The van der Waals surface area contributed by atoms with E-state index in [9.17, 15) is 19.5 Å². The van der Waals surface area contributed by atoms with Gasteiger partial charge in [-0.3, -0.25) is 14.6 Å². The van der Waals surface area contributed by atoms with E-state index in [1.165, 1.54) is 12.1 Å². The number of carboxylic acids is 1. The van der Waals surface area contributed by atoms with Crippen LogP contribution in [0.2, 0.25) is 0 Å². The molecule has 32 heavy (non-hydrogen) atoms. The fraction of sp³-hybridized carbons (Fsp3) is 0.263. The molecule has 0 bridgehead atoms. The van der Waals surface area contributed by atoms with E-state index in [0.29, 0.717) is 29.4 Å². The van der Waals surface area contributed by atoms with Crippen molar-refractivity contribution in [3.8, 4) is 11.5 Å². The number of nitrogens with one attached hydrogen (secondary N) is 2. The number of fused-ring (bicyclic) bond motifs is 1. The van der Waals surface area contributed by atoms with Gasteiger partial charge in [0.05, 0.1) is 12.2 Å². The molecule has 168 valence electrons. The Morgan fingerprint density at radius 3 is 2.56 bits per heavy atom. The third-order valence-electron chi connectivity index (χ3n) is 4.64. The molecule has 0 aromatic heterocycles. The molecule has 1 aromatic rings. The van der Waals surface area contributed by atoms with Crippen LogP contribution < -0.4 is 28.2 Å². The molecule has 1 amide bonds. The molecular weight excluding hydrogens is 418 g/mol. The van der Waals surface area contributed by atoms with E-state index in [4.69, 9.17) is 17.3 Å². The molecule has 9 N–H and O–H groups in total. The molecule has 0 saturated heterocycles. The Kier molecular flexibility index (Phi) is 6.92. The number of hydrogen-bond donors (Lipinski definition) is 6. The van der Waals surface area contributed by atoms with Crippen LogP contribution in [0.15, 0.2) is 35.3 Å². The average Bonchev–Trinajstić information content (AvgIpc) is 2.77. The molecule has 0 fully saturated rings. The number of aromatic nitrogens is 4. The van der Waals surface area contributed by atoms with Gasteiger partial charge < -0.3 is 26.9 Å². The first-order valence-electron chi connectivity index (χ1n) is 9.67. The Balaban J connectivity index is 1.66. The molecule has 1 unspecified atom stereocenters. The Morgan fingerprint density at radius 2 is 1.91 bits per heavy atom. The number of aliphatic carboxylic acids is 1. The van der Waals surface area contributed by atoms with Crippen molar-refractivity contribution in [3.05, 3.63) is 52.1 Å². The van der Waals surface area contributed by atoms with Gasteiger partial charge in [-0.25, -0.2) is 15.6 Å². The molecule has 1 atom stereocenters. The molecule has 0 saturated carbocycles. The van der Waals surface area contributed by atoms with Crippen molar-refractivity contribution >= 4 is 23.5 Å². The largest absolute Gasteiger partial charge is 0.480 e. The highest BCUT2D eigenvalue weighted by Crippen LogP contribution is 2.15. The van der Waals surface area contributed by atoms with Gasteiger partial charge in [0.1, 0.15) is 6.04 Å². The molecule has 13 nitrogen and oxygen atoms in total. The minimum Gasteiger partial charge on any atom is -0.480 e. The fourth-order valence-corrected chi connectivity index (χ4v) is 2.98. The predicted molar refractivity (Wildman–Crippen MR) is 115 cm³/mol. The van der Waals surface area contributed by atoms with Crippen LogP contribution in [0.1, 0.15) is 28.9 Å². The molecule has 2 heterocycles. The number of hydrogen-bond acceptors (Lipinski definition) is 10. The number of benzene rings is 1. The summed E-state index contributed by atoms with van der Waals surface area (Å²) in [7, 11) is 0. The summed E-state index contributed by atoms with van der Waals surface area (Å²) in [6.45, 7) is 0.569. The van der Waals surface area contributed by atoms with E-state index in [2.05, 4.69) is 25.3 Å². The summed E-state index contributed by atoms with van der Waals surface area (Å²) in [6, 6.07) is 5.18. The van der Waals surface area contributed by atoms with Crippen molar-refractivity contribution < 1.29 is 14.7 Å². The molecule has 0 spiro atoms. The number of carbonyl (C=O) groups is 2. The van der Waals surface area contributed by atoms with Crippen molar-refractivity contribution in [1.82, 2.24) is 24.9 Å². The lowest BCUT2D eigenvalue weighted by Gasteiger charge is -2.24. The number of hydrazine groups is 1. The van der Waals surface area contributed by atoms with Gasteiger partial charge in [-0.05, 0) is 43.7 Å². The molecule has 2 aliphatic rings. The van der Waals surface area contributed by atoms with Crippen LogP contribution in [0.5, 0.6) is 0 Å². The maximum atomic E-state index is 12.5. The van der Waals surface area contributed by atoms with E-state index >= 15 is 0 Å². The number of carbonyl (C=O) groups excluding carboxylic acids is 1. The third kappa shape index (κ3) is 5.14. The number of nitrogen functional groups attached to an aromatic ring is 1. The van der Waals surface area contributed by atoms with Gasteiger partial charge in [-0.2, -0.15) is 9.97 Å². The Labute approximate surface area is 182 Å². The minimum atomic E-state index is -1.19. The molecule has 0 radical (unpaired) electrons. The first kappa shape index (κ1) is 22.6. The quantitative estimate of drug-likeness (QED) is 0.139. The maximum Gasteiger partial charge on any atom is 0.328 e. The molecule has 1 aromatic carbocycles. The summed E-state index contributed by atoms with van der Waals surface area (Å²) in [5.41, 5.74) is 11.8. The number of anilines is 2. The van der Waals surface area contributed by atoms with Gasteiger partial charge in [-0.15, -0.1) is 0 Å². The monoisotopic (exact) mass is 441 g/mol. The zero-order valence-corrected chi connectivity index (χ0v) is 17.0. The molecule has 13 heteroatoms. The second kappa shape index (κ2) is 9.80. The summed E-state index contributed by atoms with van der Waals surface area (Å²) in [5, 5.41) is 13.1. The van der Waals surface area contributed by atoms with Gasteiger partial charge in [0.15, 0.2) is 11.5 Å². The SMILES string of the molecule is NCCCC(C(=O)O)N(N)C(=O)c1ccc(NCc2c[nH]c3nc(N)nc(=O)c-3n2)cc1. The van der Waals surface area contributed by atoms with Crippen molar-refractivity contribution in [2.45, 2.75) is 25.4 Å². The number of rotatable bonds is 9. The number of amides is 1. The summed E-state index contributed by atoms with van der Waals surface area (Å²) in [6.07, 6.45) is 2.17. The topological polar surface area (TPSA) is 219 Å². The van der Waals surface area contributed by atoms with Crippen molar-refractivity contribution in [2.75, 3.05) is 17.6 Å². The average molecular weight is 441 g/mol. The lowest BCUT2D eigenvalue weighted by Crippen LogP contribution is -2.49.